The van der Waals surface area contributed by atoms with E-state index in [4.69, 9.17) is 10.7 Å². The number of hydrogen-bond donors (Lipinski definition) is 2. The minimum atomic E-state index is -0.207. The first kappa shape index (κ1) is 19.6. The van der Waals surface area contributed by atoms with E-state index >= 15 is 0 Å². The lowest BCUT2D eigenvalue weighted by Crippen LogP contribution is -2.24. The molecule has 7 heteroatoms. The second kappa shape index (κ2) is 7.74. The second-order valence-electron chi connectivity index (χ2n) is 8.30. The first-order valence-corrected chi connectivity index (χ1v) is 10.5. The lowest BCUT2D eigenvalue weighted by Gasteiger charge is -2.25. The Kier molecular flexibility index (Phi) is 4.90. The fourth-order valence-corrected chi connectivity index (χ4v) is 4.63. The summed E-state index contributed by atoms with van der Waals surface area (Å²) in [5.41, 5.74) is 12.8. The van der Waals surface area contributed by atoms with Crippen molar-refractivity contribution in [3.8, 4) is 11.1 Å². The molecule has 0 bridgehead atoms. The zero-order valence-electron chi connectivity index (χ0n) is 17.7. The predicted molar refractivity (Wildman–Crippen MR) is 120 cm³/mol. The third kappa shape index (κ3) is 3.77. The van der Waals surface area contributed by atoms with Gasteiger partial charge in [-0.1, -0.05) is 0 Å². The number of nitrogens with one attached hydrogen (secondary N) is 1. The van der Waals surface area contributed by atoms with E-state index in [-0.39, 0.29) is 17.8 Å². The number of aromatic nitrogens is 4. The number of rotatable bonds is 4. The molecule has 0 unspecified atom stereocenters. The summed E-state index contributed by atoms with van der Waals surface area (Å²) < 4.78 is 13.9. The van der Waals surface area contributed by atoms with Gasteiger partial charge in [0.1, 0.15) is 5.82 Å². The number of benzene rings is 1. The van der Waals surface area contributed by atoms with Crippen LogP contribution in [0.25, 0.3) is 22.0 Å². The van der Waals surface area contributed by atoms with Crippen LogP contribution in [0.2, 0.25) is 0 Å². The highest BCUT2D eigenvalue weighted by Gasteiger charge is 2.29. The van der Waals surface area contributed by atoms with Gasteiger partial charge in [-0.05, 0) is 74.7 Å². The minimum absolute atomic E-state index is 0.207. The summed E-state index contributed by atoms with van der Waals surface area (Å²) in [6.07, 6.45) is 5.65. The largest absolute Gasteiger partial charge is 0.368 e. The Bertz CT molecular complexity index is 1250. The van der Waals surface area contributed by atoms with Gasteiger partial charge in [-0.15, -0.1) is 0 Å². The summed E-state index contributed by atoms with van der Waals surface area (Å²) in [4.78, 5) is 19.0. The highest BCUT2D eigenvalue weighted by molar-refractivity contribution is 5.84. The summed E-state index contributed by atoms with van der Waals surface area (Å²) in [6, 6.07) is 9.33. The van der Waals surface area contributed by atoms with E-state index < -0.39 is 0 Å². The standard InChI is InChI=1S/C24H25FN6/c1-14-8-16(17-11-27-24(26)28-12-17)9-22(29-14)23-4-3-7-31(23)13-20-15(2)30-21-6-5-18(25)10-19(20)21/h5-6,8-12,23,30H,3-4,7,13H2,1-2H3,(H2,26,27,28)/t23-/m1/s1. The van der Waals surface area contributed by atoms with Gasteiger partial charge in [0.05, 0.1) is 11.7 Å². The average Bonchev–Trinajstić information content (AvgIpc) is 3.33. The molecule has 0 aliphatic carbocycles. The van der Waals surface area contributed by atoms with E-state index in [1.54, 1.807) is 18.5 Å². The van der Waals surface area contributed by atoms with E-state index in [9.17, 15) is 4.39 Å². The number of anilines is 1. The number of nitrogens with two attached hydrogens (primary N) is 1. The number of H-pyrrole nitrogens is 1. The van der Waals surface area contributed by atoms with Gasteiger partial charge in [0.25, 0.3) is 0 Å². The molecule has 4 aromatic rings. The molecule has 1 aliphatic rings. The van der Waals surface area contributed by atoms with Gasteiger partial charge < -0.3 is 10.7 Å². The molecule has 4 heterocycles. The van der Waals surface area contributed by atoms with Crippen LogP contribution in [0.5, 0.6) is 0 Å². The van der Waals surface area contributed by atoms with Crippen molar-refractivity contribution >= 4 is 16.9 Å². The molecular weight excluding hydrogens is 391 g/mol. The number of halogens is 1. The highest BCUT2D eigenvalue weighted by Crippen LogP contribution is 2.36. The quantitative estimate of drug-likeness (QED) is 0.504. The van der Waals surface area contributed by atoms with Gasteiger partial charge in [-0.2, -0.15) is 0 Å². The zero-order chi connectivity index (χ0) is 21.5. The van der Waals surface area contributed by atoms with Crippen molar-refractivity contribution in [2.45, 2.75) is 39.3 Å². The molecule has 158 valence electrons. The lowest BCUT2D eigenvalue weighted by atomic mass is 10.0. The number of hydrogen-bond acceptors (Lipinski definition) is 5. The SMILES string of the molecule is Cc1cc(-c2cnc(N)nc2)cc([C@H]2CCCN2Cc2c(C)[nH]c3ccc(F)cc23)n1. The van der Waals surface area contributed by atoms with Crippen molar-refractivity contribution in [3.63, 3.8) is 0 Å². The van der Waals surface area contributed by atoms with Crippen molar-refractivity contribution in [2.24, 2.45) is 0 Å². The molecule has 0 spiro atoms. The summed E-state index contributed by atoms with van der Waals surface area (Å²) in [7, 11) is 0. The van der Waals surface area contributed by atoms with Crippen LogP contribution in [0, 0.1) is 19.7 Å². The fourth-order valence-electron chi connectivity index (χ4n) is 4.63. The molecule has 0 radical (unpaired) electrons. The number of fused-ring (bicyclic) bond motifs is 1. The molecule has 0 saturated carbocycles. The van der Waals surface area contributed by atoms with Crippen LogP contribution in [-0.4, -0.2) is 31.4 Å². The number of aromatic amines is 1. The molecule has 31 heavy (non-hydrogen) atoms. The van der Waals surface area contributed by atoms with Crippen molar-refractivity contribution in [1.29, 1.82) is 0 Å². The Morgan fingerprint density at radius 2 is 1.94 bits per heavy atom. The maximum atomic E-state index is 13.9. The van der Waals surface area contributed by atoms with Crippen molar-refractivity contribution in [3.05, 3.63) is 71.2 Å². The molecule has 1 fully saturated rings. The Labute approximate surface area is 180 Å². The van der Waals surface area contributed by atoms with E-state index in [2.05, 4.69) is 32.8 Å². The van der Waals surface area contributed by atoms with Crippen LogP contribution in [-0.2, 0) is 6.54 Å². The number of likely N-dealkylation sites (tertiary alicyclic amines) is 1. The van der Waals surface area contributed by atoms with E-state index in [0.717, 1.165) is 70.6 Å². The van der Waals surface area contributed by atoms with E-state index in [0.29, 0.717) is 0 Å². The van der Waals surface area contributed by atoms with Crippen LogP contribution in [0.15, 0.2) is 42.7 Å². The van der Waals surface area contributed by atoms with Crippen LogP contribution in [0.3, 0.4) is 0 Å². The average molecular weight is 417 g/mol. The summed E-state index contributed by atoms with van der Waals surface area (Å²) in [5, 5.41) is 0.958. The minimum Gasteiger partial charge on any atom is -0.368 e. The van der Waals surface area contributed by atoms with Crippen LogP contribution in [0.1, 0.15) is 41.5 Å². The van der Waals surface area contributed by atoms with Crippen LogP contribution < -0.4 is 5.73 Å². The molecule has 1 atom stereocenters. The van der Waals surface area contributed by atoms with Gasteiger partial charge in [0.15, 0.2) is 0 Å². The molecule has 5 rings (SSSR count). The summed E-state index contributed by atoms with van der Waals surface area (Å²) in [5.74, 6) is 0.0590. The Hall–Kier alpha value is -3.32. The maximum absolute atomic E-state index is 13.9. The molecule has 3 N–H and O–H groups in total. The van der Waals surface area contributed by atoms with Gasteiger partial charge in [0.2, 0.25) is 5.95 Å². The van der Waals surface area contributed by atoms with Crippen LogP contribution in [0.4, 0.5) is 10.3 Å². The molecule has 3 aromatic heterocycles. The molecule has 6 nitrogen and oxygen atoms in total. The number of nitrogens with zero attached hydrogens (tertiary/aromatic N) is 4. The second-order valence-corrected chi connectivity index (χ2v) is 8.30. The van der Waals surface area contributed by atoms with Gasteiger partial charge in [-0.25, -0.2) is 14.4 Å². The summed E-state index contributed by atoms with van der Waals surface area (Å²) in [6.45, 7) is 5.82. The normalized spacial score (nSPS) is 16.9. The number of pyridine rings is 1. The third-order valence-corrected chi connectivity index (χ3v) is 6.13. The van der Waals surface area contributed by atoms with Crippen molar-refractivity contribution < 1.29 is 4.39 Å². The maximum Gasteiger partial charge on any atom is 0.219 e. The van der Waals surface area contributed by atoms with Gasteiger partial charge >= 0.3 is 0 Å². The van der Waals surface area contributed by atoms with Gasteiger partial charge in [0, 0.05) is 46.8 Å². The Morgan fingerprint density at radius 3 is 2.74 bits per heavy atom. The Morgan fingerprint density at radius 1 is 1.13 bits per heavy atom. The van der Waals surface area contributed by atoms with Crippen molar-refractivity contribution in [1.82, 2.24) is 24.8 Å². The molecule has 1 saturated heterocycles. The number of nitrogen functional groups attached to an aromatic ring is 1. The fraction of sp³-hybridized carbons (Fsp3) is 0.292. The van der Waals surface area contributed by atoms with Crippen molar-refractivity contribution in [2.75, 3.05) is 12.3 Å². The van der Waals surface area contributed by atoms with E-state index in [1.807, 2.05) is 19.1 Å². The number of aryl methyl sites for hydroxylation is 2. The Balaban J connectivity index is 1.48. The first-order chi connectivity index (χ1) is 15.0. The molecule has 1 aliphatic heterocycles. The zero-order valence-corrected chi connectivity index (χ0v) is 17.7. The van der Waals surface area contributed by atoms with E-state index in [1.165, 1.54) is 6.07 Å². The summed E-state index contributed by atoms with van der Waals surface area (Å²) >= 11 is 0. The highest BCUT2D eigenvalue weighted by atomic mass is 19.1. The monoisotopic (exact) mass is 416 g/mol. The first-order valence-electron chi connectivity index (χ1n) is 10.5. The van der Waals surface area contributed by atoms with Gasteiger partial charge in [-0.3, -0.25) is 9.88 Å². The molecule has 0 amide bonds. The third-order valence-electron chi connectivity index (χ3n) is 6.13. The molecule has 1 aromatic carbocycles. The topological polar surface area (TPSA) is 83.7 Å². The van der Waals surface area contributed by atoms with Crippen LogP contribution >= 0.6 is 0 Å². The smallest absolute Gasteiger partial charge is 0.219 e. The predicted octanol–water partition coefficient (Wildman–Crippen LogP) is 4.70. The molecular formula is C24H25FN6. The lowest BCUT2D eigenvalue weighted by molar-refractivity contribution is 0.244.